The number of hydrogen-bond acceptors (Lipinski definition) is 4. The number of benzene rings is 1. The zero-order chi connectivity index (χ0) is 13.7. The molecule has 5 heteroatoms. The Hall–Kier alpha value is -1.62. The van der Waals surface area contributed by atoms with Gasteiger partial charge >= 0.3 is 5.97 Å². The summed E-state index contributed by atoms with van der Waals surface area (Å²) in [4.78, 5) is 11.6. The normalized spacial score (nSPS) is 15.9. The van der Waals surface area contributed by atoms with Gasteiger partial charge in [0.25, 0.3) is 0 Å². The quantitative estimate of drug-likeness (QED) is 0.766. The Morgan fingerprint density at radius 2 is 2.32 bits per heavy atom. The number of nitrogens with one attached hydrogen (secondary N) is 1. The molecule has 19 heavy (non-hydrogen) atoms. The standard InChI is InChI=1S/C14H18FNO3/c1-18-14(17)13(16-11-5-6-11)7-8-19-12-4-2-3-10(15)9-12/h2-4,9,11,13,16H,5-8H2,1H3. The number of methoxy groups -OCH3 is 1. The van der Waals surface area contributed by atoms with E-state index in [0.29, 0.717) is 24.8 Å². The highest BCUT2D eigenvalue weighted by Gasteiger charge is 2.28. The van der Waals surface area contributed by atoms with Crippen LogP contribution in [0.4, 0.5) is 4.39 Å². The Bertz CT molecular complexity index is 434. The van der Waals surface area contributed by atoms with Crippen LogP contribution in [0.3, 0.4) is 0 Å². The number of carbonyl (C=O) groups excluding carboxylic acids is 1. The van der Waals surface area contributed by atoms with Crippen molar-refractivity contribution in [3.05, 3.63) is 30.1 Å². The first-order chi connectivity index (χ1) is 9.19. The molecule has 1 N–H and O–H groups in total. The first-order valence-electron chi connectivity index (χ1n) is 6.41. The van der Waals surface area contributed by atoms with Crippen molar-refractivity contribution >= 4 is 5.97 Å². The van der Waals surface area contributed by atoms with Gasteiger partial charge in [-0.1, -0.05) is 6.07 Å². The van der Waals surface area contributed by atoms with Gasteiger partial charge in [-0.2, -0.15) is 0 Å². The number of esters is 1. The summed E-state index contributed by atoms with van der Waals surface area (Å²) in [5.41, 5.74) is 0. The topological polar surface area (TPSA) is 47.6 Å². The Labute approximate surface area is 111 Å². The Balaban J connectivity index is 1.79. The molecule has 0 amide bonds. The van der Waals surface area contributed by atoms with Crippen LogP contribution in [0.1, 0.15) is 19.3 Å². The van der Waals surface area contributed by atoms with E-state index in [9.17, 15) is 9.18 Å². The fourth-order valence-corrected chi connectivity index (χ4v) is 1.80. The average Bonchev–Trinajstić information content (AvgIpc) is 3.21. The predicted octanol–water partition coefficient (Wildman–Crippen LogP) is 1.89. The van der Waals surface area contributed by atoms with Gasteiger partial charge in [-0.05, 0) is 25.0 Å². The fraction of sp³-hybridized carbons (Fsp3) is 0.500. The number of hydrogen-bond donors (Lipinski definition) is 1. The monoisotopic (exact) mass is 267 g/mol. The SMILES string of the molecule is COC(=O)C(CCOc1cccc(F)c1)NC1CC1. The Morgan fingerprint density at radius 1 is 1.53 bits per heavy atom. The van der Waals surface area contributed by atoms with E-state index in [0.717, 1.165) is 12.8 Å². The van der Waals surface area contributed by atoms with Crippen molar-refractivity contribution in [3.63, 3.8) is 0 Å². The molecular formula is C14H18FNO3. The molecule has 1 unspecified atom stereocenters. The van der Waals surface area contributed by atoms with Crippen LogP contribution in [0.25, 0.3) is 0 Å². The molecular weight excluding hydrogens is 249 g/mol. The maximum atomic E-state index is 12.9. The first kappa shape index (κ1) is 13.8. The van der Waals surface area contributed by atoms with Gasteiger partial charge in [0, 0.05) is 18.5 Å². The van der Waals surface area contributed by atoms with Crippen LogP contribution in [0.5, 0.6) is 5.75 Å². The minimum Gasteiger partial charge on any atom is -0.493 e. The molecule has 2 rings (SSSR count). The molecule has 0 radical (unpaired) electrons. The second-order valence-electron chi connectivity index (χ2n) is 4.61. The molecule has 0 aliphatic heterocycles. The summed E-state index contributed by atoms with van der Waals surface area (Å²) in [6.45, 7) is 0.336. The fourth-order valence-electron chi connectivity index (χ4n) is 1.80. The molecule has 1 atom stereocenters. The highest BCUT2D eigenvalue weighted by Crippen LogP contribution is 2.20. The van der Waals surface area contributed by atoms with Crippen molar-refractivity contribution in [2.24, 2.45) is 0 Å². The molecule has 4 nitrogen and oxygen atoms in total. The van der Waals surface area contributed by atoms with Crippen molar-refractivity contribution in [3.8, 4) is 5.75 Å². The highest BCUT2D eigenvalue weighted by atomic mass is 19.1. The average molecular weight is 267 g/mol. The second-order valence-corrected chi connectivity index (χ2v) is 4.61. The van der Waals surface area contributed by atoms with Gasteiger partial charge in [-0.15, -0.1) is 0 Å². The van der Waals surface area contributed by atoms with Crippen molar-refractivity contribution in [2.75, 3.05) is 13.7 Å². The summed E-state index contributed by atoms with van der Waals surface area (Å²) in [5.74, 6) is -0.150. The number of ether oxygens (including phenoxy) is 2. The van der Waals surface area contributed by atoms with E-state index in [4.69, 9.17) is 9.47 Å². The van der Waals surface area contributed by atoms with E-state index in [1.807, 2.05) is 0 Å². The van der Waals surface area contributed by atoms with Crippen molar-refractivity contribution in [1.29, 1.82) is 0 Å². The zero-order valence-electron chi connectivity index (χ0n) is 10.9. The molecule has 0 aromatic heterocycles. The van der Waals surface area contributed by atoms with Crippen LogP contribution >= 0.6 is 0 Å². The molecule has 1 saturated carbocycles. The number of rotatable bonds is 7. The second kappa shape index (κ2) is 6.52. The number of halogens is 1. The van der Waals surface area contributed by atoms with Crippen LogP contribution in [0.2, 0.25) is 0 Å². The van der Waals surface area contributed by atoms with Gasteiger partial charge in [0.15, 0.2) is 0 Å². The third kappa shape index (κ3) is 4.52. The lowest BCUT2D eigenvalue weighted by atomic mass is 10.2. The molecule has 1 aliphatic rings. The molecule has 104 valence electrons. The Kier molecular flexibility index (Phi) is 4.74. The molecule has 1 aromatic rings. The largest absolute Gasteiger partial charge is 0.493 e. The van der Waals surface area contributed by atoms with Gasteiger partial charge in [0.05, 0.1) is 13.7 Å². The third-order valence-electron chi connectivity index (χ3n) is 2.97. The van der Waals surface area contributed by atoms with Gasteiger partial charge in [-0.3, -0.25) is 4.79 Å². The highest BCUT2D eigenvalue weighted by molar-refractivity contribution is 5.75. The summed E-state index contributed by atoms with van der Waals surface area (Å²) >= 11 is 0. The lowest BCUT2D eigenvalue weighted by Gasteiger charge is -2.16. The van der Waals surface area contributed by atoms with E-state index in [-0.39, 0.29) is 17.8 Å². The zero-order valence-corrected chi connectivity index (χ0v) is 10.9. The maximum Gasteiger partial charge on any atom is 0.322 e. The summed E-state index contributed by atoms with van der Waals surface area (Å²) in [6, 6.07) is 6.01. The first-order valence-corrected chi connectivity index (χ1v) is 6.41. The molecule has 0 heterocycles. The molecule has 0 bridgehead atoms. The van der Waals surface area contributed by atoms with Crippen molar-refractivity contribution < 1.29 is 18.7 Å². The molecule has 1 aliphatic carbocycles. The van der Waals surface area contributed by atoms with E-state index >= 15 is 0 Å². The summed E-state index contributed by atoms with van der Waals surface area (Å²) in [7, 11) is 1.37. The van der Waals surface area contributed by atoms with Crippen LogP contribution in [-0.2, 0) is 9.53 Å². The Morgan fingerprint density at radius 3 is 2.95 bits per heavy atom. The molecule has 0 saturated heterocycles. The van der Waals surface area contributed by atoms with Crippen LogP contribution in [0, 0.1) is 5.82 Å². The summed E-state index contributed by atoms with van der Waals surface area (Å²) < 4.78 is 23.1. The molecule has 0 spiro atoms. The van der Waals surface area contributed by atoms with E-state index in [1.54, 1.807) is 12.1 Å². The minimum absolute atomic E-state index is 0.283. The lowest BCUT2D eigenvalue weighted by molar-refractivity contribution is -0.143. The lowest BCUT2D eigenvalue weighted by Crippen LogP contribution is -2.40. The predicted molar refractivity (Wildman–Crippen MR) is 68.5 cm³/mol. The van der Waals surface area contributed by atoms with Crippen molar-refractivity contribution in [2.45, 2.75) is 31.3 Å². The van der Waals surface area contributed by atoms with Crippen LogP contribution in [0.15, 0.2) is 24.3 Å². The molecule has 1 fully saturated rings. The third-order valence-corrected chi connectivity index (χ3v) is 2.97. The minimum atomic E-state index is -0.356. The van der Waals surface area contributed by atoms with E-state index in [1.165, 1.54) is 19.2 Å². The summed E-state index contributed by atoms with van der Waals surface area (Å²) in [6.07, 6.45) is 2.69. The van der Waals surface area contributed by atoms with Gasteiger partial charge < -0.3 is 14.8 Å². The van der Waals surface area contributed by atoms with Gasteiger partial charge in [0.2, 0.25) is 0 Å². The number of carbonyl (C=O) groups is 1. The summed E-state index contributed by atoms with van der Waals surface area (Å²) in [5, 5.41) is 3.21. The van der Waals surface area contributed by atoms with Crippen molar-refractivity contribution in [1.82, 2.24) is 5.32 Å². The van der Waals surface area contributed by atoms with Crippen LogP contribution < -0.4 is 10.1 Å². The van der Waals surface area contributed by atoms with Crippen LogP contribution in [-0.4, -0.2) is 31.8 Å². The van der Waals surface area contributed by atoms with Gasteiger partial charge in [0.1, 0.15) is 17.6 Å². The molecule has 1 aromatic carbocycles. The van der Waals surface area contributed by atoms with E-state index < -0.39 is 0 Å². The van der Waals surface area contributed by atoms with Gasteiger partial charge in [-0.25, -0.2) is 4.39 Å². The maximum absolute atomic E-state index is 12.9. The van der Waals surface area contributed by atoms with E-state index in [2.05, 4.69) is 5.32 Å². The smallest absolute Gasteiger partial charge is 0.322 e.